The van der Waals surface area contributed by atoms with E-state index in [9.17, 15) is 9.18 Å². The summed E-state index contributed by atoms with van der Waals surface area (Å²) in [5.41, 5.74) is 1.19. The summed E-state index contributed by atoms with van der Waals surface area (Å²) in [6.07, 6.45) is -0.0217. The fourth-order valence-corrected chi connectivity index (χ4v) is 2.30. The highest BCUT2D eigenvalue weighted by Crippen LogP contribution is 2.18. The van der Waals surface area contributed by atoms with E-state index in [-0.39, 0.29) is 24.7 Å². The lowest BCUT2D eigenvalue weighted by atomic mass is 10.1. The maximum absolute atomic E-state index is 13.5. The van der Waals surface area contributed by atoms with Crippen molar-refractivity contribution in [3.8, 4) is 17.1 Å². The number of methoxy groups -OCH3 is 1. The predicted molar refractivity (Wildman–Crippen MR) is 90.3 cm³/mol. The molecule has 0 spiro atoms. The number of hydrogen-bond donors (Lipinski definition) is 2. The molecule has 3 aromatic rings. The van der Waals surface area contributed by atoms with Gasteiger partial charge in [-0.2, -0.15) is 5.10 Å². The third kappa shape index (κ3) is 4.20. The lowest BCUT2D eigenvalue weighted by Crippen LogP contribution is -2.25. The molecule has 0 radical (unpaired) electrons. The molecular formula is C18H17FN4O2. The monoisotopic (exact) mass is 340 g/mol. The molecule has 0 aliphatic heterocycles. The summed E-state index contributed by atoms with van der Waals surface area (Å²) in [6, 6.07) is 13.6. The Morgan fingerprint density at radius 3 is 2.68 bits per heavy atom. The van der Waals surface area contributed by atoms with Crippen LogP contribution in [0.4, 0.5) is 4.39 Å². The molecule has 0 aliphatic carbocycles. The SMILES string of the molecule is COc1ccc(-c2n[nH]c(CNC(=O)Cc3ccccc3F)n2)cc1. The van der Waals surface area contributed by atoms with E-state index in [0.717, 1.165) is 11.3 Å². The van der Waals surface area contributed by atoms with Crippen molar-refractivity contribution in [3.63, 3.8) is 0 Å². The first-order valence-corrected chi connectivity index (χ1v) is 7.71. The van der Waals surface area contributed by atoms with Crippen LogP contribution in [0.15, 0.2) is 48.5 Å². The van der Waals surface area contributed by atoms with Crippen molar-refractivity contribution in [1.29, 1.82) is 0 Å². The number of carbonyl (C=O) groups is 1. The van der Waals surface area contributed by atoms with Crippen LogP contribution in [0.2, 0.25) is 0 Å². The minimum Gasteiger partial charge on any atom is -0.497 e. The Kier molecular flexibility index (Phi) is 5.03. The minimum absolute atomic E-state index is 0.0217. The van der Waals surface area contributed by atoms with Gasteiger partial charge in [-0.15, -0.1) is 0 Å². The maximum atomic E-state index is 13.5. The molecule has 0 saturated carbocycles. The number of aromatic amines is 1. The molecule has 2 N–H and O–H groups in total. The molecular weight excluding hydrogens is 323 g/mol. The average Bonchev–Trinajstić information content (AvgIpc) is 3.11. The largest absolute Gasteiger partial charge is 0.497 e. The van der Waals surface area contributed by atoms with Gasteiger partial charge < -0.3 is 10.1 Å². The molecule has 0 aliphatic rings. The van der Waals surface area contributed by atoms with Crippen molar-refractivity contribution in [2.45, 2.75) is 13.0 Å². The molecule has 1 amide bonds. The van der Waals surface area contributed by atoms with Crippen LogP contribution in [-0.4, -0.2) is 28.2 Å². The Hall–Kier alpha value is -3.22. The summed E-state index contributed by atoms with van der Waals surface area (Å²) in [5, 5.41) is 9.61. The fraction of sp³-hybridized carbons (Fsp3) is 0.167. The van der Waals surface area contributed by atoms with Crippen LogP contribution >= 0.6 is 0 Å². The van der Waals surface area contributed by atoms with Gasteiger partial charge in [-0.05, 0) is 35.9 Å². The fourth-order valence-electron chi connectivity index (χ4n) is 2.30. The third-order valence-corrected chi connectivity index (χ3v) is 3.64. The van der Waals surface area contributed by atoms with Crippen molar-refractivity contribution in [3.05, 3.63) is 65.7 Å². The number of halogens is 1. The Bertz CT molecular complexity index is 862. The minimum atomic E-state index is -0.390. The molecule has 3 rings (SSSR count). The summed E-state index contributed by atoms with van der Waals surface area (Å²) in [5.74, 6) is 1.13. The van der Waals surface area contributed by atoms with Gasteiger partial charge in [0.15, 0.2) is 5.82 Å². The zero-order valence-electron chi connectivity index (χ0n) is 13.6. The Morgan fingerprint density at radius 2 is 1.96 bits per heavy atom. The van der Waals surface area contributed by atoms with E-state index in [0.29, 0.717) is 17.2 Å². The van der Waals surface area contributed by atoms with Crippen LogP contribution in [0.1, 0.15) is 11.4 Å². The van der Waals surface area contributed by atoms with Crippen LogP contribution in [0.3, 0.4) is 0 Å². The Balaban J connectivity index is 1.58. The molecule has 0 fully saturated rings. The quantitative estimate of drug-likeness (QED) is 0.722. The lowest BCUT2D eigenvalue weighted by molar-refractivity contribution is -0.120. The van der Waals surface area contributed by atoms with Gasteiger partial charge in [-0.25, -0.2) is 9.37 Å². The van der Waals surface area contributed by atoms with Gasteiger partial charge in [0.05, 0.1) is 20.1 Å². The molecule has 0 bridgehead atoms. The highest BCUT2D eigenvalue weighted by Gasteiger charge is 2.10. The molecule has 128 valence electrons. The van der Waals surface area contributed by atoms with Crippen LogP contribution in [0.5, 0.6) is 5.75 Å². The summed E-state index contributed by atoms with van der Waals surface area (Å²) < 4.78 is 18.7. The number of nitrogens with zero attached hydrogens (tertiary/aromatic N) is 2. The van der Waals surface area contributed by atoms with E-state index in [2.05, 4.69) is 20.5 Å². The second kappa shape index (κ2) is 7.57. The van der Waals surface area contributed by atoms with Gasteiger partial charge >= 0.3 is 0 Å². The molecule has 2 aromatic carbocycles. The van der Waals surface area contributed by atoms with Crippen molar-refractivity contribution in [2.24, 2.45) is 0 Å². The lowest BCUT2D eigenvalue weighted by Gasteiger charge is -2.04. The smallest absolute Gasteiger partial charge is 0.224 e. The summed E-state index contributed by atoms with van der Waals surface area (Å²) in [4.78, 5) is 16.3. The molecule has 0 atom stereocenters. The molecule has 0 saturated heterocycles. The molecule has 6 nitrogen and oxygen atoms in total. The van der Waals surface area contributed by atoms with E-state index in [1.165, 1.54) is 6.07 Å². The van der Waals surface area contributed by atoms with E-state index < -0.39 is 0 Å². The molecule has 7 heteroatoms. The first-order chi connectivity index (χ1) is 12.2. The Labute approximate surface area is 144 Å². The summed E-state index contributed by atoms with van der Waals surface area (Å²) >= 11 is 0. The topological polar surface area (TPSA) is 79.9 Å². The number of hydrogen-bond acceptors (Lipinski definition) is 4. The van der Waals surface area contributed by atoms with Crippen molar-refractivity contribution in [2.75, 3.05) is 7.11 Å². The number of amides is 1. The molecule has 25 heavy (non-hydrogen) atoms. The number of aromatic nitrogens is 3. The van der Waals surface area contributed by atoms with Crippen LogP contribution in [0.25, 0.3) is 11.4 Å². The second-order valence-electron chi connectivity index (χ2n) is 5.38. The van der Waals surface area contributed by atoms with E-state index in [1.807, 2.05) is 24.3 Å². The number of benzene rings is 2. The first-order valence-electron chi connectivity index (χ1n) is 7.71. The van der Waals surface area contributed by atoms with Gasteiger partial charge in [0, 0.05) is 5.56 Å². The third-order valence-electron chi connectivity index (χ3n) is 3.64. The highest BCUT2D eigenvalue weighted by molar-refractivity contribution is 5.78. The maximum Gasteiger partial charge on any atom is 0.224 e. The standard InChI is InChI=1S/C18H17FN4O2/c1-25-14-8-6-12(7-9-14)18-21-16(22-23-18)11-20-17(24)10-13-4-2-3-5-15(13)19/h2-9H,10-11H2,1H3,(H,20,24)(H,21,22,23). The van der Waals surface area contributed by atoms with Crippen LogP contribution in [-0.2, 0) is 17.8 Å². The van der Waals surface area contributed by atoms with Gasteiger partial charge in [-0.1, -0.05) is 18.2 Å². The zero-order valence-corrected chi connectivity index (χ0v) is 13.6. The van der Waals surface area contributed by atoms with Gasteiger partial charge in [-0.3, -0.25) is 9.89 Å². The highest BCUT2D eigenvalue weighted by atomic mass is 19.1. The number of nitrogens with one attached hydrogen (secondary N) is 2. The molecule has 1 aromatic heterocycles. The van der Waals surface area contributed by atoms with Gasteiger partial charge in [0.2, 0.25) is 5.91 Å². The molecule has 0 unspecified atom stereocenters. The Morgan fingerprint density at radius 1 is 1.20 bits per heavy atom. The number of rotatable bonds is 6. The van der Waals surface area contributed by atoms with Crippen LogP contribution < -0.4 is 10.1 Å². The van der Waals surface area contributed by atoms with Gasteiger partial charge in [0.1, 0.15) is 17.4 Å². The van der Waals surface area contributed by atoms with E-state index in [4.69, 9.17) is 4.74 Å². The number of ether oxygens (including phenoxy) is 1. The molecule has 1 heterocycles. The van der Waals surface area contributed by atoms with Crippen molar-refractivity contribution >= 4 is 5.91 Å². The van der Waals surface area contributed by atoms with Crippen molar-refractivity contribution in [1.82, 2.24) is 20.5 Å². The van der Waals surface area contributed by atoms with E-state index in [1.54, 1.807) is 25.3 Å². The first kappa shape index (κ1) is 16.6. The number of H-pyrrole nitrogens is 1. The predicted octanol–water partition coefficient (Wildman–Crippen LogP) is 2.48. The van der Waals surface area contributed by atoms with Crippen LogP contribution in [0, 0.1) is 5.82 Å². The van der Waals surface area contributed by atoms with Crippen molar-refractivity contribution < 1.29 is 13.9 Å². The summed E-state index contributed by atoms with van der Waals surface area (Å²) in [6.45, 7) is 0.191. The average molecular weight is 340 g/mol. The number of carbonyl (C=O) groups excluding carboxylic acids is 1. The zero-order chi connectivity index (χ0) is 17.6. The second-order valence-corrected chi connectivity index (χ2v) is 5.38. The summed E-state index contributed by atoms with van der Waals surface area (Å²) in [7, 11) is 1.60. The normalized spacial score (nSPS) is 10.5. The van der Waals surface area contributed by atoms with E-state index >= 15 is 0 Å². The van der Waals surface area contributed by atoms with Gasteiger partial charge in [0.25, 0.3) is 0 Å².